The van der Waals surface area contributed by atoms with Crippen LogP contribution in [0.5, 0.6) is 0 Å². The number of carbonyl (C=O) groups excluding carboxylic acids is 1. The normalized spacial score (nSPS) is 32.3. The molecule has 0 amide bonds. The first-order valence-electron chi connectivity index (χ1n) is 2.92. The average Bonchev–Trinajstić information content (AvgIpc) is 1.79. The second-order valence-electron chi connectivity index (χ2n) is 2.58. The van der Waals surface area contributed by atoms with Crippen molar-refractivity contribution in [2.45, 2.75) is 32.7 Å². The standard InChI is InChI=1S/C6H10O3/c1-4-5(7)9-6(2,3)8-4/h4H,1-3H3/t4-/m0/s1. The van der Waals surface area contributed by atoms with Crippen molar-refractivity contribution >= 4 is 5.97 Å². The topological polar surface area (TPSA) is 35.5 Å². The molecular formula is C6H10O3. The van der Waals surface area contributed by atoms with E-state index in [4.69, 9.17) is 9.47 Å². The molecule has 0 N–H and O–H groups in total. The molecule has 0 bridgehead atoms. The van der Waals surface area contributed by atoms with Crippen molar-refractivity contribution < 1.29 is 14.3 Å². The van der Waals surface area contributed by atoms with Gasteiger partial charge in [0.05, 0.1) is 0 Å². The summed E-state index contributed by atoms with van der Waals surface area (Å²) in [4.78, 5) is 10.6. The maximum atomic E-state index is 10.6. The first kappa shape index (κ1) is 6.55. The van der Waals surface area contributed by atoms with Crippen molar-refractivity contribution in [2.75, 3.05) is 0 Å². The Morgan fingerprint density at radius 2 is 2.11 bits per heavy atom. The van der Waals surface area contributed by atoms with Gasteiger partial charge in [-0.25, -0.2) is 4.79 Å². The summed E-state index contributed by atoms with van der Waals surface area (Å²) < 4.78 is 9.89. The predicted octanol–water partition coefficient (Wildman–Crippen LogP) is 0.684. The third-order valence-corrected chi connectivity index (χ3v) is 1.14. The minimum absolute atomic E-state index is 0.278. The number of ether oxygens (including phenoxy) is 2. The minimum Gasteiger partial charge on any atom is -0.432 e. The van der Waals surface area contributed by atoms with Gasteiger partial charge in [-0.15, -0.1) is 0 Å². The highest BCUT2D eigenvalue weighted by Gasteiger charge is 2.37. The Kier molecular flexibility index (Phi) is 1.24. The Morgan fingerprint density at radius 3 is 2.22 bits per heavy atom. The molecular weight excluding hydrogens is 120 g/mol. The van der Waals surface area contributed by atoms with Gasteiger partial charge in [0.25, 0.3) is 0 Å². The third-order valence-electron chi connectivity index (χ3n) is 1.14. The SMILES string of the molecule is C[C@@H]1OC(C)(C)OC1=O. The Bertz CT molecular complexity index is 139. The van der Waals surface area contributed by atoms with Gasteiger partial charge in [-0.3, -0.25) is 0 Å². The molecule has 0 radical (unpaired) electrons. The van der Waals surface area contributed by atoms with Crippen LogP contribution in [0.15, 0.2) is 0 Å². The molecule has 1 heterocycles. The van der Waals surface area contributed by atoms with Gasteiger partial charge in [0.2, 0.25) is 5.79 Å². The number of hydrogen-bond acceptors (Lipinski definition) is 3. The van der Waals surface area contributed by atoms with Crippen LogP contribution in [0.1, 0.15) is 20.8 Å². The average molecular weight is 130 g/mol. The molecule has 3 nitrogen and oxygen atoms in total. The van der Waals surface area contributed by atoms with E-state index in [1.54, 1.807) is 20.8 Å². The number of rotatable bonds is 0. The zero-order valence-corrected chi connectivity index (χ0v) is 5.80. The summed E-state index contributed by atoms with van der Waals surface area (Å²) in [7, 11) is 0. The molecule has 1 fully saturated rings. The lowest BCUT2D eigenvalue weighted by Crippen LogP contribution is -2.20. The van der Waals surface area contributed by atoms with Gasteiger partial charge >= 0.3 is 5.97 Å². The van der Waals surface area contributed by atoms with E-state index in [2.05, 4.69) is 0 Å². The molecule has 0 aromatic rings. The van der Waals surface area contributed by atoms with E-state index in [0.29, 0.717) is 0 Å². The molecule has 0 spiro atoms. The smallest absolute Gasteiger partial charge is 0.337 e. The fourth-order valence-corrected chi connectivity index (χ4v) is 0.823. The van der Waals surface area contributed by atoms with Crippen LogP contribution in [0.2, 0.25) is 0 Å². The molecule has 3 heteroatoms. The van der Waals surface area contributed by atoms with Crippen molar-refractivity contribution in [3.05, 3.63) is 0 Å². The van der Waals surface area contributed by atoms with Crippen molar-refractivity contribution in [2.24, 2.45) is 0 Å². The molecule has 0 aliphatic carbocycles. The summed E-state index contributed by atoms with van der Waals surface area (Å²) in [6, 6.07) is 0. The van der Waals surface area contributed by atoms with Gasteiger partial charge in [0.1, 0.15) is 0 Å². The number of esters is 1. The Morgan fingerprint density at radius 1 is 1.56 bits per heavy atom. The summed E-state index contributed by atoms with van der Waals surface area (Å²) >= 11 is 0. The third kappa shape index (κ3) is 1.21. The van der Waals surface area contributed by atoms with Crippen molar-refractivity contribution in [3.63, 3.8) is 0 Å². The van der Waals surface area contributed by atoms with Crippen LogP contribution in [-0.4, -0.2) is 17.9 Å². The first-order valence-corrected chi connectivity index (χ1v) is 2.92. The lowest BCUT2D eigenvalue weighted by atomic mass is 10.4. The van der Waals surface area contributed by atoms with Crippen LogP contribution < -0.4 is 0 Å². The van der Waals surface area contributed by atoms with Gasteiger partial charge in [-0.1, -0.05) is 0 Å². The first-order chi connectivity index (χ1) is 4.01. The Hall–Kier alpha value is -0.570. The molecule has 0 aromatic heterocycles. The van der Waals surface area contributed by atoms with Gasteiger partial charge in [0, 0.05) is 13.8 Å². The molecule has 1 aliphatic heterocycles. The monoisotopic (exact) mass is 130 g/mol. The summed E-state index contributed by atoms with van der Waals surface area (Å²) in [6.07, 6.45) is -0.403. The van der Waals surface area contributed by atoms with E-state index in [1.165, 1.54) is 0 Å². The molecule has 0 aromatic carbocycles. The van der Waals surface area contributed by atoms with E-state index in [0.717, 1.165) is 0 Å². The molecule has 1 atom stereocenters. The molecule has 0 saturated carbocycles. The van der Waals surface area contributed by atoms with Gasteiger partial charge in [-0.2, -0.15) is 0 Å². The zero-order valence-electron chi connectivity index (χ0n) is 5.80. The second-order valence-corrected chi connectivity index (χ2v) is 2.58. The number of cyclic esters (lactones) is 1. The molecule has 0 unspecified atom stereocenters. The lowest BCUT2D eigenvalue weighted by molar-refractivity contribution is -0.160. The number of carbonyl (C=O) groups is 1. The zero-order chi connectivity index (χ0) is 7.07. The Balaban J connectivity index is 2.65. The Labute approximate surface area is 53.9 Å². The van der Waals surface area contributed by atoms with E-state index >= 15 is 0 Å². The maximum Gasteiger partial charge on any atom is 0.337 e. The van der Waals surface area contributed by atoms with Gasteiger partial charge in [0.15, 0.2) is 6.10 Å². The fourth-order valence-electron chi connectivity index (χ4n) is 0.823. The minimum atomic E-state index is -0.712. The highest BCUT2D eigenvalue weighted by atomic mass is 16.8. The number of hydrogen-bond donors (Lipinski definition) is 0. The maximum absolute atomic E-state index is 10.6. The van der Waals surface area contributed by atoms with Crippen LogP contribution in [0.25, 0.3) is 0 Å². The van der Waals surface area contributed by atoms with Crippen molar-refractivity contribution in [3.8, 4) is 0 Å². The van der Waals surface area contributed by atoms with Crippen LogP contribution in [-0.2, 0) is 14.3 Å². The molecule has 9 heavy (non-hydrogen) atoms. The molecule has 52 valence electrons. The van der Waals surface area contributed by atoms with Crippen molar-refractivity contribution in [1.29, 1.82) is 0 Å². The summed E-state index contributed by atoms with van der Waals surface area (Å²) in [5, 5.41) is 0. The van der Waals surface area contributed by atoms with E-state index in [-0.39, 0.29) is 5.97 Å². The van der Waals surface area contributed by atoms with E-state index in [9.17, 15) is 4.79 Å². The highest BCUT2D eigenvalue weighted by molar-refractivity contribution is 5.76. The van der Waals surface area contributed by atoms with Crippen LogP contribution in [0.4, 0.5) is 0 Å². The predicted molar refractivity (Wildman–Crippen MR) is 30.7 cm³/mol. The van der Waals surface area contributed by atoms with Crippen molar-refractivity contribution in [1.82, 2.24) is 0 Å². The molecule has 1 aliphatic rings. The fraction of sp³-hybridized carbons (Fsp3) is 0.833. The summed E-state index contributed by atoms with van der Waals surface area (Å²) in [5.74, 6) is -0.990. The highest BCUT2D eigenvalue weighted by Crippen LogP contribution is 2.22. The molecule has 1 rings (SSSR count). The largest absolute Gasteiger partial charge is 0.432 e. The van der Waals surface area contributed by atoms with Crippen LogP contribution in [0, 0.1) is 0 Å². The molecule has 1 saturated heterocycles. The van der Waals surface area contributed by atoms with Crippen LogP contribution >= 0.6 is 0 Å². The van der Waals surface area contributed by atoms with Gasteiger partial charge < -0.3 is 9.47 Å². The second kappa shape index (κ2) is 1.70. The lowest BCUT2D eigenvalue weighted by Gasteiger charge is -2.13. The van der Waals surface area contributed by atoms with E-state index in [1.807, 2.05) is 0 Å². The quantitative estimate of drug-likeness (QED) is 0.452. The van der Waals surface area contributed by atoms with E-state index < -0.39 is 11.9 Å². The van der Waals surface area contributed by atoms with Crippen LogP contribution in [0.3, 0.4) is 0 Å². The summed E-state index contributed by atoms with van der Waals surface area (Å²) in [6.45, 7) is 5.11. The van der Waals surface area contributed by atoms with Gasteiger partial charge in [-0.05, 0) is 6.92 Å². The summed E-state index contributed by atoms with van der Waals surface area (Å²) in [5.41, 5.74) is 0.